The molecule has 0 aromatic carbocycles. The zero-order valence-corrected chi connectivity index (χ0v) is 12.2. The Morgan fingerprint density at radius 2 is 2.06 bits per heavy atom. The van der Waals surface area contributed by atoms with Gasteiger partial charge in [-0.25, -0.2) is 4.98 Å². The molecule has 0 saturated carbocycles. The van der Waals surface area contributed by atoms with Crippen LogP contribution in [0, 0.1) is 5.92 Å². The fourth-order valence-electron chi connectivity index (χ4n) is 1.55. The summed E-state index contributed by atoms with van der Waals surface area (Å²) in [5, 5.41) is 1.03. The molecular formula is C12H23N3OS. The lowest BCUT2D eigenvalue weighted by atomic mass is 10.1. The zero-order valence-electron chi connectivity index (χ0n) is 11.4. The molecule has 98 valence electrons. The molecule has 5 heteroatoms. The summed E-state index contributed by atoms with van der Waals surface area (Å²) in [6.07, 6.45) is 0. The van der Waals surface area contributed by atoms with E-state index in [9.17, 15) is 0 Å². The fourth-order valence-corrected chi connectivity index (χ4v) is 2.54. The Balaban J connectivity index is 2.90. The molecule has 0 aliphatic heterocycles. The van der Waals surface area contributed by atoms with E-state index in [4.69, 9.17) is 10.5 Å². The second-order valence-corrected chi connectivity index (χ2v) is 5.66. The number of nitrogens with two attached hydrogens (primary N) is 1. The third-order valence-electron chi connectivity index (χ3n) is 3.11. The van der Waals surface area contributed by atoms with Gasteiger partial charge in [0.05, 0.1) is 12.3 Å². The molecule has 0 fully saturated rings. The molecule has 0 aliphatic carbocycles. The second-order valence-electron chi connectivity index (χ2n) is 4.60. The van der Waals surface area contributed by atoms with Crippen molar-refractivity contribution in [1.82, 2.24) is 4.98 Å². The average Bonchev–Trinajstić information content (AvgIpc) is 2.70. The third kappa shape index (κ3) is 3.40. The molecule has 0 spiro atoms. The lowest BCUT2D eigenvalue weighted by Gasteiger charge is -2.27. The van der Waals surface area contributed by atoms with Crippen molar-refractivity contribution in [1.29, 1.82) is 0 Å². The van der Waals surface area contributed by atoms with Crippen LogP contribution in [0.4, 0.5) is 5.13 Å². The van der Waals surface area contributed by atoms with E-state index < -0.39 is 0 Å². The van der Waals surface area contributed by atoms with Crippen LogP contribution in [0.5, 0.6) is 0 Å². The van der Waals surface area contributed by atoms with Crippen LogP contribution in [-0.4, -0.2) is 25.2 Å². The Morgan fingerprint density at radius 3 is 2.53 bits per heavy atom. The summed E-state index contributed by atoms with van der Waals surface area (Å²) in [7, 11) is 3.76. The Labute approximate surface area is 108 Å². The maximum Gasteiger partial charge on any atom is 0.185 e. The topological polar surface area (TPSA) is 51.4 Å². The summed E-state index contributed by atoms with van der Waals surface area (Å²) in [5.41, 5.74) is 6.70. The van der Waals surface area contributed by atoms with E-state index in [2.05, 4.69) is 37.7 Å². The molecule has 17 heavy (non-hydrogen) atoms. The van der Waals surface area contributed by atoms with E-state index in [0.29, 0.717) is 25.1 Å². The summed E-state index contributed by atoms with van der Waals surface area (Å²) in [5.74, 6) is 0.594. The predicted octanol–water partition coefficient (Wildman–Crippen LogP) is 2.23. The van der Waals surface area contributed by atoms with Crippen LogP contribution in [0.2, 0.25) is 0 Å². The SMILES string of the molecule is COCc1nc(N(C)C(C)C(C)C)sc1CN. The minimum atomic E-state index is 0.460. The van der Waals surface area contributed by atoms with Gasteiger partial charge in [-0.3, -0.25) is 0 Å². The zero-order chi connectivity index (χ0) is 13.0. The van der Waals surface area contributed by atoms with Gasteiger partial charge >= 0.3 is 0 Å². The largest absolute Gasteiger partial charge is 0.378 e. The van der Waals surface area contributed by atoms with Crippen LogP contribution < -0.4 is 10.6 Å². The van der Waals surface area contributed by atoms with Crippen molar-refractivity contribution in [3.05, 3.63) is 10.6 Å². The first-order chi connectivity index (χ1) is 8.01. The normalized spacial score (nSPS) is 13.1. The van der Waals surface area contributed by atoms with Crippen molar-refractivity contribution in [3.63, 3.8) is 0 Å². The number of thiazole rings is 1. The van der Waals surface area contributed by atoms with Crippen LogP contribution in [0.15, 0.2) is 0 Å². The molecule has 1 aromatic rings. The Kier molecular flexibility index (Phi) is 5.36. The standard InChI is InChI=1S/C12H23N3OS/c1-8(2)9(3)15(4)12-14-10(7-16-5)11(6-13)17-12/h8-9H,6-7,13H2,1-5H3. The molecule has 0 saturated heterocycles. The van der Waals surface area contributed by atoms with Crippen molar-refractivity contribution in [2.24, 2.45) is 11.7 Å². The number of methoxy groups -OCH3 is 1. The van der Waals surface area contributed by atoms with Gasteiger partial charge in [-0.15, -0.1) is 11.3 Å². The Hall–Kier alpha value is -0.650. The van der Waals surface area contributed by atoms with Crippen molar-refractivity contribution >= 4 is 16.5 Å². The van der Waals surface area contributed by atoms with E-state index in [-0.39, 0.29) is 0 Å². The highest BCUT2D eigenvalue weighted by atomic mass is 32.1. The summed E-state index contributed by atoms with van der Waals surface area (Å²) in [6, 6.07) is 0.460. The lowest BCUT2D eigenvalue weighted by molar-refractivity contribution is 0.181. The first kappa shape index (κ1) is 14.4. The van der Waals surface area contributed by atoms with E-state index in [0.717, 1.165) is 15.7 Å². The summed E-state index contributed by atoms with van der Waals surface area (Å²) < 4.78 is 5.14. The van der Waals surface area contributed by atoms with E-state index in [1.54, 1.807) is 18.4 Å². The average molecular weight is 257 g/mol. The van der Waals surface area contributed by atoms with E-state index in [1.165, 1.54) is 0 Å². The minimum Gasteiger partial charge on any atom is -0.378 e. The quantitative estimate of drug-likeness (QED) is 0.849. The molecule has 0 amide bonds. The second kappa shape index (κ2) is 6.33. The van der Waals surface area contributed by atoms with E-state index in [1.807, 2.05) is 0 Å². The van der Waals surface area contributed by atoms with Gasteiger partial charge in [-0.2, -0.15) is 0 Å². The lowest BCUT2D eigenvalue weighted by Crippen LogP contribution is -2.33. The number of anilines is 1. The number of nitrogens with zero attached hydrogens (tertiary/aromatic N) is 2. The molecule has 1 aromatic heterocycles. The Morgan fingerprint density at radius 1 is 1.41 bits per heavy atom. The van der Waals surface area contributed by atoms with Crippen LogP contribution in [0.1, 0.15) is 31.3 Å². The number of ether oxygens (including phenoxy) is 1. The summed E-state index contributed by atoms with van der Waals surface area (Å²) in [6.45, 7) is 7.71. The van der Waals surface area contributed by atoms with Crippen molar-refractivity contribution in [3.8, 4) is 0 Å². The molecule has 1 heterocycles. The molecule has 0 radical (unpaired) electrons. The fraction of sp³-hybridized carbons (Fsp3) is 0.750. The van der Waals surface area contributed by atoms with E-state index >= 15 is 0 Å². The van der Waals surface area contributed by atoms with Crippen LogP contribution >= 0.6 is 11.3 Å². The smallest absolute Gasteiger partial charge is 0.185 e. The van der Waals surface area contributed by atoms with Crippen LogP contribution in [0.3, 0.4) is 0 Å². The predicted molar refractivity (Wildman–Crippen MR) is 73.4 cm³/mol. The van der Waals surface area contributed by atoms with Gasteiger partial charge < -0.3 is 15.4 Å². The first-order valence-electron chi connectivity index (χ1n) is 5.91. The molecule has 4 nitrogen and oxygen atoms in total. The molecule has 0 aliphatic rings. The van der Waals surface area contributed by atoms with Crippen molar-refractivity contribution < 1.29 is 4.74 Å². The summed E-state index contributed by atoms with van der Waals surface area (Å²) in [4.78, 5) is 7.94. The van der Waals surface area contributed by atoms with Crippen molar-refractivity contribution in [2.45, 2.75) is 40.0 Å². The van der Waals surface area contributed by atoms with Gasteiger partial charge in [-0.1, -0.05) is 13.8 Å². The van der Waals surface area contributed by atoms with Crippen molar-refractivity contribution in [2.75, 3.05) is 19.1 Å². The van der Waals surface area contributed by atoms with Gasteiger partial charge in [0.25, 0.3) is 0 Å². The van der Waals surface area contributed by atoms with Crippen LogP contribution in [0.25, 0.3) is 0 Å². The van der Waals surface area contributed by atoms with Gasteiger partial charge in [0, 0.05) is 31.6 Å². The molecule has 1 rings (SSSR count). The monoisotopic (exact) mass is 257 g/mol. The Bertz CT molecular complexity index is 352. The highest BCUT2D eigenvalue weighted by Gasteiger charge is 2.18. The van der Waals surface area contributed by atoms with Gasteiger partial charge in [-0.05, 0) is 12.8 Å². The molecule has 2 N–H and O–H groups in total. The molecule has 1 unspecified atom stereocenters. The summed E-state index contributed by atoms with van der Waals surface area (Å²) >= 11 is 1.66. The maximum absolute atomic E-state index is 5.73. The number of aromatic nitrogens is 1. The third-order valence-corrected chi connectivity index (χ3v) is 4.32. The number of rotatable bonds is 6. The maximum atomic E-state index is 5.73. The number of hydrogen-bond donors (Lipinski definition) is 1. The van der Waals surface area contributed by atoms with Crippen LogP contribution in [-0.2, 0) is 17.9 Å². The van der Waals surface area contributed by atoms with Gasteiger partial charge in [0.2, 0.25) is 0 Å². The molecule has 1 atom stereocenters. The minimum absolute atomic E-state index is 0.460. The van der Waals surface area contributed by atoms with Gasteiger partial charge in [0.15, 0.2) is 5.13 Å². The molecule has 0 bridgehead atoms. The van der Waals surface area contributed by atoms with Gasteiger partial charge in [0.1, 0.15) is 0 Å². The highest BCUT2D eigenvalue weighted by molar-refractivity contribution is 7.15. The molecular weight excluding hydrogens is 234 g/mol. The number of hydrogen-bond acceptors (Lipinski definition) is 5. The highest BCUT2D eigenvalue weighted by Crippen LogP contribution is 2.28. The first-order valence-corrected chi connectivity index (χ1v) is 6.73.